The second-order valence-electron chi connectivity index (χ2n) is 6.20. The number of imidazole rings is 1. The van der Waals surface area contributed by atoms with Gasteiger partial charge in [-0.2, -0.15) is 0 Å². The normalized spacial score (nSPS) is 12.2. The molecule has 2 aromatic carbocycles. The van der Waals surface area contributed by atoms with Crippen molar-refractivity contribution in [2.75, 3.05) is 14.2 Å². The van der Waals surface area contributed by atoms with Gasteiger partial charge < -0.3 is 9.47 Å². The van der Waals surface area contributed by atoms with Crippen LogP contribution in [0.25, 0.3) is 22.1 Å². The highest BCUT2D eigenvalue weighted by molar-refractivity contribution is 7.15. The number of ether oxygens (including phenoxy) is 2. The Hall–Kier alpha value is -2.86. The van der Waals surface area contributed by atoms with Gasteiger partial charge in [-0.1, -0.05) is 17.4 Å². The summed E-state index contributed by atoms with van der Waals surface area (Å²) in [5, 5.41) is 0. The molecule has 0 fully saturated rings. The van der Waals surface area contributed by atoms with Gasteiger partial charge in [0.15, 0.2) is 4.96 Å². The highest BCUT2D eigenvalue weighted by atomic mass is 32.1. The minimum atomic E-state index is -0.0598. The van der Waals surface area contributed by atoms with Gasteiger partial charge >= 0.3 is 0 Å². The Bertz CT molecular complexity index is 1250. The zero-order valence-electron chi connectivity index (χ0n) is 15.0. The standard InChI is InChI=1S/C20H18N2O3S/c1-11-7-12(2)18-15(8-11)22-19(23)17(26-20(22)21-18)9-13-5-6-14(24-3)10-16(13)25-4/h5-10H,1-4H3. The van der Waals surface area contributed by atoms with E-state index in [1.54, 1.807) is 24.7 Å². The SMILES string of the molecule is COc1ccc(C=c2sc3nc4c(C)cc(C)cc4n3c2=O)c(OC)c1. The van der Waals surface area contributed by atoms with Crippen LogP contribution in [0.3, 0.4) is 0 Å². The van der Waals surface area contributed by atoms with Crippen LogP contribution in [0.1, 0.15) is 16.7 Å². The maximum absolute atomic E-state index is 13.0. The van der Waals surface area contributed by atoms with E-state index in [0.29, 0.717) is 21.0 Å². The molecule has 0 aliphatic rings. The first-order valence-corrected chi connectivity index (χ1v) is 8.99. The lowest BCUT2D eigenvalue weighted by molar-refractivity contribution is 0.393. The lowest BCUT2D eigenvalue weighted by Gasteiger charge is -2.06. The monoisotopic (exact) mass is 366 g/mol. The van der Waals surface area contributed by atoms with Crippen LogP contribution in [-0.2, 0) is 0 Å². The minimum absolute atomic E-state index is 0.0598. The van der Waals surface area contributed by atoms with Crippen LogP contribution in [0, 0.1) is 13.8 Å². The Kier molecular flexibility index (Phi) is 3.92. The summed E-state index contributed by atoms with van der Waals surface area (Å²) in [7, 11) is 3.21. The van der Waals surface area contributed by atoms with Crippen LogP contribution in [-0.4, -0.2) is 23.6 Å². The van der Waals surface area contributed by atoms with Crippen molar-refractivity contribution in [1.82, 2.24) is 9.38 Å². The third kappa shape index (κ3) is 2.54. The van der Waals surface area contributed by atoms with Crippen molar-refractivity contribution in [1.29, 1.82) is 0 Å². The van der Waals surface area contributed by atoms with Gasteiger partial charge in [0.1, 0.15) is 11.5 Å². The van der Waals surface area contributed by atoms with E-state index in [9.17, 15) is 4.79 Å². The number of hydrogen-bond acceptors (Lipinski definition) is 5. The molecule has 0 atom stereocenters. The van der Waals surface area contributed by atoms with Crippen LogP contribution < -0.4 is 19.6 Å². The Morgan fingerprint density at radius 2 is 1.92 bits per heavy atom. The van der Waals surface area contributed by atoms with Crippen molar-refractivity contribution in [2.24, 2.45) is 0 Å². The third-order valence-corrected chi connectivity index (χ3v) is 5.38. The molecule has 0 radical (unpaired) electrons. The molecule has 2 aromatic heterocycles. The molecule has 0 saturated carbocycles. The Morgan fingerprint density at radius 1 is 1.12 bits per heavy atom. The lowest BCUT2D eigenvalue weighted by Crippen LogP contribution is -2.22. The van der Waals surface area contributed by atoms with Crippen LogP contribution in [0.5, 0.6) is 11.5 Å². The second-order valence-corrected chi connectivity index (χ2v) is 7.21. The maximum Gasteiger partial charge on any atom is 0.274 e. The molecular weight excluding hydrogens is 348 g/mol. The molecule has 4 rings (SSSR count). The molecule has 0 unspecified atom stereocenters. The fourth-order valence-corrected chi connectivity index (χ4v) is 4.16. The van der Waals surface area contributed by atoms with Gasteiger partial charge in [-0.3, -0.25) is 4.79 Å². The zero-order chi connectivity index (χ0) is 18.4. The number of rotatable bonds is 3. The number of nitrogens with zero attached hydrogens (tertiary/aromatic N) is 2. The van der Waals surface area contributed by atoms with E-state index in [-0.39, 0.29) is 5.56 Å². The average Bonchev–Trinajstić information content (AvgIpc) is 3.13. The molecule has 132 valence electrons. The summed E-state index contributed by atoms with van der Waals surface area (Å²) in [4.78, 5) is 18.4. The molecule has 0 N–H and O–H groups in total. The molecule has 0 amide bonds. The lowest BCUT2D eigenvalue weighted by atomic mass is 10.1. The van der Waals surface area contributed by atoms with Gasteiger partial charge in [0.05, 0.1) is 29.8 Å². The van der Waals surface area contributed by atoms with Crippen molar-refractivity contribution < 1.29 is 9.47 Å². The number of benzene rings is 2. The molecule has 4 aromatic rings. The maximum atomic E-state index is 13.0. The molecule has 0 aliphatic carbocycles. The number of aryl methyl sites for hydroxylation is 2. The summed E-state index contributed by atoms with van der Waals surface area (Å²) >= 11 is 1.39. The van der Waals surface area contributed by atoms with Gasteiger partial charge in [0.2, 0.25) is 0 Å². The summed E-state index contributed by atoms with van der Waals surface area (Å²) in [6.07, 6.45) is 1.84. The summed E-state index contributed by atoms with van der Waals surface area (Å²) in [6.45, 7) is 4.05. The molecule has 26 heavy (non-hydrogen) atoms. The van der Waals surface area contributed by atoms with Crippen molar-refractivity contribution in [3.05, 3.63) is 61.9 Å². The number of hydrogen-bond donors (Lipinski definition) is 0. The first-order valence-electron chi connectivity index (χ1n) is 8.18. The highest BCUT2D eigenvalue weighted by Crippen LogP contribution is 2.25. The Balaban J connectivity index is 1.97. The summed E-state index contributed by atoms with van der Waals surface area (Å²) in [6, 6.07) is 9.62. The van der Waals surface area contributed by atoms with Crippen LogP contribution >= 0.6 is 11.3 Å². The summed E-state index contributed by atoms with van der Waals surface area (Å²) < 4.78 is 13.0. The Morgan fingerprint density at radius 3 is 2.65 bits per heavy atom. The van der Waals surface area contributed by atoms with E-state index in [1.165, 1.54) is 11.3 Å². The number of fused-ring (bicyclic) bond motifs is 3. The quantitative estimate of drug-likeness (QED) is 0.559. The van der Waals surface area contributed by atoms with Crippen LogP contribution in [0.4, 0.5) is 0 Å². The molecule has 0 aliphatic heterocycles. The molecular formula is C20H18N2O3S. The zero-order valence-corrected chi connectivity index (χ0v) is 15.8. The fraction of sp³-hybridized carbons (Fsp3) is 0.200. The largest absolute Gasteiger partial charge is 0.497 e. The van der Waals surface area contributed by atoms with E-state index in [0.717, 1.165) is 27.7 Å². The third-order valence-electron chi connectivity index (χ3n) is 4.41. The van der Waals surface area contributed by atoms with Crippen molar-refractivity contribution in [3.63, 3.8) is 0 Å². The van der Waals surface area contributed by atoms with E-state index in [4.69, 9.17) is 9.47 Å². The molecule has 5 nitrogen and oxygen atoms in total. The van der Waals surface area contributed by atoms with E-state index in [1.807, 2.05) is 38.1 Å². The molecule has 0 saturated heterocycles. The summed E-state index contributed by atoms with van der Waals surface area (Å²) in [5.74, 6) is 1.37. The molecule has 0 spiro atoms. The van der Waals surface area contributed by atoms with Crippen LogP contribution in [0.2, 0.25) is 0 Å². The van der Waals surface area contributed by atoms with Gasteiger partial charge in [-0.15, -0.1) is 0 Å². The van der Waals surface area contributed by atoms with E-state index >= 15 is 0 Å². The van der Waals surface area contributed by atoms with Crippen molar-refractivity contribution >= 4 is 33.4 Å². The minimum Gasteiger partial charge on any atom is -0.497 e. The van der Waals surface area contributed by atoms with Gasteiger partial charge in [0, 0.05) is 11.6 Å². The first kappa shape index (κ1) is 16.6. The number of thiazole rings is 1. The predicted molar refractivity (Wildman–Crippen MR) is 105 cm³/mol. The van der Waals surface area contributed by atoms with Gasteiger partial charge in [0.25, 0.3) is 5.56 Å². The van der Waals surface area contributed by atoms with Crippen molar-refractivity contribution in [3.8, 4) is 11.5 Å². The highest BCUT2D eigenvalue weighted by Gasteiger charge is 2.13. The Labute approximate surface area is 154 Å². The van der Waals surface area contributed by atoms with E-state index < -0.39 is 0 Å². The molecule has 0 bridgehead atoms. The number of methoxy groups -OCH3 is 2. The second kappa shape index (κ2) is 6.14. The van der Waals surface area contributed by atoms with Gasteiger partial charge in [-0.25, -0.2) is 9.38 Å². The average molecular weight is 366 g/mol. The van der Waals surface area contributed by atoms with E-state index in [2.05, 4.69) is 11.1 Å². The predicted octanol–water partition coefficient (Wildman–Crippen LogP) is 3.09. The molecule has 6 heteroatoms. The summed E-state index contributed by atoms with van der Waals surface area (Å²) in [5.41, 5.74) is 4.71. The van der Waals surface area contributed by atoms with Crippen molar-refractivity contribution in [2.45, 2.75) is 13.8 Å². The first-order chi connectivity index (χ1) is 12.5. The van der Waals surface area contributed by atoms with Gasteiger partial charge in [-0.05, 0) is 49.2 Å². The topological polar surface area (TPSA) is 52.8 Å². The smallest absolute Gasteiger partial charge is 0.274 e. The molecule has 2 heterocycles. The fourth-order valence-electron chi connectivity index (χ4n) is 3.19. The number of aromatic nitrogens is 2. The van der Waals surface area contributed by atoms with Crippen LogP contribution in [0.15, 0.2) is 35.1 Å².